The Hall–Kier alpha value is -0.620. The molecule has 82 valence electrons. The van der Waals surface area contributed by atoms with E-state index in [2.05, 4.69) is 0 Å². The topological polar surface area (TPSA) is 71.4 Å². The first-order valence-corrected chi connectivity index (χ1v) is 6.09. The van der Waals surface area contributed by atoms with Gasteiger partial charge in [-0.1, -0.05) is 17.7 Å². The predicted octanol–water partition coefficient (Wildman–Crippen LogP) is 2.11. The van der Waals surface area contributed by atoms with Gasteiger partial charge in [0.1, 0.15) is 5.75 Å². The molecule has 0 atom stereocenters. The molecule has 1 rings (SSSR count). The van der Waals surface area contributed by atoms with Crippen molar-refractivity contribution < 1.29 is 17.8 Å². The average Bonchev–Trinajstić information content (AvgIpc) is 1.99. The van der Waals surface area contributed by atoms with E-state index in [4.69, 9.17) is 27.8 Å². The first-order chi connectivity index (χ1) is 6.79. The van der Waals surface area contributed by atoms with Crippen molar-refractivity contribution in [2.45, 2.75) is 5.75 Å². The van der Waals surface area contributed by atoms with E-state index in [0.717, 1.165) is 0 Å². The smallest absolute Gasteiger partial charge is 0.269 e. The number of benzene rings is 1. The summed E-state index contributed by atoms with van der Waals surface area (Å²) in [6, 6.07) is 3.93. The predicted molar refractivity (Wildman–Crippen MR) is 56.9 cm³/mol. The molecule has 0 fully saturated rings. The van der Waals surface area contributed by atoms with E-state index in [-0.39, 0.29) is 16.1 Å². The Morgan fingerprint density at radius 1 is 1.40 bits per heavy atom. The van der Waals surface area contributed by atoms with Gasteiger partial charge in [0.15, 0.2) is 0 Å². The molecule has 0 saturated carbocycles. The number of hydrogen-bond acceptors (Lipinski definition) is 3. The van der Waals surface area contributed by atoms with Crippen LogP contribution in [0.3, 0.4) is 0 Å². The molecule has 15 heavy (non-hydrogen) atoms. The maximum Gasteiger partial charge on any atom is 0.269 e. The molecular formula is C8H6Cl2O4S. The minimum Gasteiger partial charge on any atom is -0.285 e. The van der Waals surface area contributed by atoms with Crippen LogP contribution in [0.15, 0.2) is 18.2 Å². The number of carbonyl (C=O) groups excluding carboxylic acids is 1. The Bertz CT molecular complexity index is 495. The number of hydrogen-bond donors (Lipinski definition) is 1. The zero-order valence-electron chi connectivity index (χ0n) is 7.28. The van der Waals surface area contributed by atoms with Crippen molar-refractivity contribution in [3.8, 4) is 0 Å². The molecule has 1 N–H and O–H groups in total. The van der Waals surface area contributed by atoms with Crippen LogP contribution in [0.2, 0.25) is 5.02 Å². The van der Waals surface area contributed by atoms with Crippen LogP contribution < -0.4 is 0 Å². The van der Waals surface area contributed by atoms with Crippen LogP contribution in [0.4, 0.5) is 0 Å². The van der Waals surface area contributed by atoms with Gasteiger partial charge < -0.3 is 0 Å². The highest BCUT2D eigenvalue weighted by Gasteiger charge is 2.11. The third-order valence-corrected chi connectivity index (χ3v) is 2.81. The van der Waals surface area contributed by atoms with Crippen LogP contribution in [0, 0.1) is 0 Å². The molecule has 1 aromatic carbocycles. The Labute approximate surface area is 96.6 Å². The van der Waals surface area contributed by atoms with E-state index in [1.54, 1.807) is 0 Å². The summed E-state index contributed by atoms with van der Waals surface area (Å²) in [5, 5.41) is -0.672. The van der Waals surface area contributed by atoms with Gasteiger partial charge in [-0.15, -0.1) is 0 Å². The maximum atomic E-state index is 10.8. The van der Waals surface area contributed by atoms with Gasteiger partial charge >= 0.3 is 0 Å². The molecule has 0 aliphatic heterocycles. The zero-order valence-corrected chi connectivity index (χ0v) is 9.60. The van der Waals surface area contributed by atoms with E-state index >= 15 is 0 Å². The van der Waals surface area contributed by atoms with Crippen LogP contribution in [-0.2, 0) is 15.9 Å². The Morgan fingerprint density at radius 2 is 2.00 bits per heavy atom. The van der Waals surface area contributed by atoms with Gasteiger partial charge in [0.05, 0.1) is 10.6 Å². The molecular weight excluding hydrogens is 263 g/mol. The average molecular weight is 269 g/mol. The van der Waals surface area contributed by atoms with Gasteiger partial charge in [0.2, 0.25) is 0 Å². The summed E-state index contributed by atoms with van der Waals surface area (Å²) in [4.78, 5) is 10.8. The second kappa shape index (κ2) is 4.49. The Morgan fingerprint density at radius 3 is 2.40 bits per heavy atom. The van der Waals surface area contributed by atoms with Crippen molar-refractivity contribution in [3.05, 3.63) is 34.3 Å². The molecule has 0 aliphatic carbocycles. The monoisotopic (exact) mass is 268 g/mol. The van der Waals surface area contributed by atoms with Crippen molar-refractivity contribution in [2.24, 2.45) is 0 Å². The highest BCUT2D eigenvalue weighted by Crippen LogP contribution is 2.20. The first-order valence-electron chi connectivity index (χ1n) is 3.73. The van der Waals surface area contributed by atoms with Crippen molar-refractivity contribution in [1.82, 2.24) is 0 Å². The lowest BCUT2D eigenvalue weighted by molar-refractivity contribution is 0.108. The van der Waals surface area contributed by atoms with Gasteiger partial charge in [0, 0.05) is 0 Å². The summed E-state index contributed by atoms with van der Waals surface area (Å²) in [6.07, 6.45) is 0. The Balaban J connectivity index is 3.07. The van der Waals surface area contributed by atoms with Gasteiger partial charge in [-0.2, -0.15) is 8.42 Å². The van der Waals surface area contributed by atoms with E-state index in [0.29, 0.717) is 0 Å². The standard InChI is InChI=1S/C8H6Cl2O4S/c9-7-3-5(4-15(12,13)14)1-2-6(7)8(10)11/h1-3H,4H2,(H,12,13,14). The number of rotatable bonds is 3. The fourth-order valence-corrected chi connectivity index (χ4v) is 2.12. The SMILES string of the molecule is O=C(Cl)c1ccc(CS(=O)(=O)O)cc1Cl. The normalized spacial score (nSPS) is 11.4. The minimum absolute atomic E-state index is 0.0520. The van der Waals surface area contributed by atoms with Crippen molar-refractivity contribution in [3.63, 3.8) is 0 Å². The third-order valence-electron chi connectivity index (χ3n) is 1.59. The fraction of sp³-hybridized carbons (Fsp3) is 0.125. The zero-order chi connectivity index (χ0) is 11.6. The summed E-state index contributed by atoms with van der Waals surface area (Å²) < 4.78 is 29.7. The number of halogens is 2. The van der Waals surface area contributed by atoms with Crippen LogP contribution in [0.25, 0.3) is 0 Å². The first kappa shape index (κ1) is 12.4. The van der Waals surface area contributed by atoms with E-state index in [1.807, 2.05) is 0 Å². The number of carbonyl (C=O) groups is 1. The van der Waals surface area contributed by atoms with Crippen molar-refractivity contribution in [1.29, 1.82) is 0 Å². The lowest BCUT2D eigenvalue weighted by Crippen LogP contribution is -2.02. The highest BCUT2D eigenvalue weighted by molar-refractivity contribution is 7.85. The van der Waals surface area contributed by atoms with Gasteiger partial charge in [0.25, 0.3) is 15.4 Å². The summed E-state index contributed by atoms with van der Waals surface area (Å²) in [7, 11) is -4.10. The molecule has 0 spiro atoms. The lowest BCUT2D eigenvalue weighted by atomic mass is 10.2. The second-order valence-corrected chi connectivity index (χ2v) is 5.02. The molecule has 1 aromatic rings. The van der Waals surface area contributed by atoms with Crippen LogP contribution in [-0.4, -0.2) is 18.2 Å². The van der Waals surface area contributed by atoms with Crippen LogP contribution in [0.1, 0.15) is 15.9 Å². The van der Waals surface area contributed by atoms with Gasteiger partial charge in [-0.25, -0.2) is 0 Å². The molecule has 7 heteroatoms. The molecule has 0 bridgehead atoms. The third kappa shape index (κ3) is 3.79. The minimum atomic E-state index is -4.10. The summed E-state index contributed by atoms with van der Waals surface area (Å²) in [5.41, 5.74) is 0.376. The molecule has 0 heterocycles. The quantitative estimate of drug-likeness (QED) is 0.673. The molecule has 0 aromatic heterocycles. The van der Waals surface area contributed by atoms with Gasteiger partial charge in [-0.05, 0) is 29.3 Å². The summed E-state index contributed by atoms with van der Waals surface area (Å²) in [5.74, 6) is -0.552. The van der Waals surface area contributed by atoms with E-state index in [1.165, 1.54) is 18.2 Å². The lowest BCUT2D eigenvalue weighted by Gasteiger charge is -2.02. The summed E-state index contributed by atoms with van der Waals surface area (Å²) in [6.45, 7) is 0. The molecule has 0 radical (unpaired) electrons. The van der Waals surface area contributed by atoms with Crippen LogP contribution in [0.5, 0.6) is 0 Å². The van der Waals surface area contributed by atoms with Crippen molar-refractivity contribution >= 4 is 38.6 Å². The fourth-order valence-electron chi connectivity index (χ4n) is 1.02. The summed E-state index contributed by atoms with van der Waals surface area (Å²) >= 11 is 10.9. The second-order valence-electron chi connectivity index (χ2n) is 2.81. The molecule has 0 aliphatic rings. The molecule has 0 saturated heterocycles. The van der Waals surface area contributed by atoms with Crippen LogP contribution >= 0.6 is 23.2 Å². The molecule has 0 unspecified atom stereocenters. The van der Waals surface area contributed by atoms with E-state index in [9.17, 15) is 13.2 Å². The maximum absolute atomic E-state index is 10.8. The van der Waals surface area contributed by atoms with E-state index < -0.39 is 21.1 Å². The molecule has 4 nitrogen and oxygen atoms in total. The molecule has 0 amide bonds. The Kier molecular flexibility index (Phi) is 3.72. The van der Waals surface area contributed by atoms with Gasteiger partial charge in [-0.3, -0.25) is 9.35 Å². The highest BCUT2D eigenvalue weighted by atomic mass is 35.5. The largest absolute Gasteiger partial charge is 0.285 e. The van der Waals surface area contributed by atoms with Crippen molar-refractivity contribution in [2.75, 3.05) is 0 Å².